The molecule has 0 saturated heterocycles. The molecule has 0 aliphatic carbocycles. The van der Waals surface area contributed by atoms with Crippen LogP contribution in [0.25, 0.3) is 11.1 Å². The Kier molecular flexibility index (Phi) is 3.47. The van der Waals surface area contributed by atoms with Crippen molar-refractivity contribution in [3.05, 3.63) is 36.7 Å². The van der Waals surface area contributed by atoms with Crippen LogP contribution in [0.4, 0.5) is 5.69 Å². The van der Waals surface area contributed by atoms with Crippen LogP contribution >= 0.6 is 0 Å². The number of para-hydroxylation sites is 1. The first-order valence-electron chi connectivity index (χ1n) is 6.15. The van der Waals surface area contributed by atoms with E-state index in [4.69, 9.17) is 5.73 Å². The van der Waals surface area contributed by atoms with E-state index in [1.54, 1.807) is 0 Å². The lowest BCUT2D eigenvalue weighted by molar-refractivity contribution is 0.428. The lowest BCUT2D eigenvalue weighted by Crippen LogP contribution is -2.06. The molecule has 3 heteroatoms. The second-order valence-electron chi connectivity index (χ2n) is 4.27. The molecule has 0 fully saturated rings. The fraction of sp³-hybridized carbons (Fsp3) is 0.357. The summed E-state index contributed by atoms with van der Waals surface area (Å²) in [6.45, 7) is 4.37. The number of anilines is 1. The van der Waals surface area contributed by atoms with E-state index >= 15 is 0 Å². The number of rotatable bonds is 4. The molecule has 0 aliphatic heterocycles. The van der Waals surface area contributed by atoms with E-state index in [0.717, 1.165) is 29.7 Å². The van der Waals surface area contributed by atoms with Crippen LogP contribution in [0, 0.1) is 0 Å². The molecule has 17 heavy (non-hydrogen) atoms. The van der Waals surface area contributed by atoms with Crippen molar-refractivity contribution in [2.24, 2.45) is 0 Å². The number of hydrogen-bond acceptors (Lipinski definition) is 2. The van der Waals surface area contributed by atoms with E-state index < -0.39 is 0 Å². The number of nitrogens with zero attached hydrogens (tertiary/aromatic N) is 2. The molecule has 2 aromatic rings. The molecule has 0 radical (unpaired) electrons. The Bertz CT molecular complexity index is 484. The van der Waals surface area contributed by atoms with Gasteiger partial charge in [0.05, 0.1) is 12.2 Å². The highest BCUT2D eigenvalue weighted by Gasteiger charge is 2.09. The average molecular weight is 229 g/mol. The maximum Gasteiger partial charge on any atom is 0.0569 e. The number of benzene rings is 1. The van der Waals surface area contributed by atoms with Crippen LogP contribution in [-0.4, -0.2) is 9.78 Å². The Morgan fingerprint density at radius 3 is 2.59 bits per heavy atom. The SMILES string of the molecule is CCC(CC)n1cc(-c2ccccc2N)cn1. The molecule has 0 unspecified atom stereocenters. The Morgan fingerprint density at radius 2 is 1.94 bits per heavy atom. The molecule has 3 nitrogen and oxygen atoms in total. The third-order valence-corrected chi connectivity index (χ3v) is 3.19. The predicted octanol–water partition coefficient (Wildman–Crippen LogP) is 3.49. The molecule has 0 atom stereocenters. The zero-order valence-electron chi connectivity index (χ0n) is 10.4. The third kappa shape index (κ3) is 2.33. The first-order valence-corrected chi connectivity index (χ1v) is 6.15. The van der Waals surface area contributed by atoms with E-state index in [1.165, 1.54) is 0 Å². The van der Waals surface area contributed by atoms with E-state index in [2.05, 4.69) is 25.1 Å². The zero-order valence-corrected chi connectivity index (χ0v) is 10.4. The third-order valence-electron chi connectivity index (χ3n) is 3.19. The molecule has 90 valence electrons. The molecule has 0 bridgehead atoms. The summed E-state index contributed by atoms with van der Waals surface area (Å²) in [5, 5.41) is 4.44. The molecule has 1 heterocycles. The predicted molar refractivity (Wildman–Crippen MR) is 71.7 cm³/mol. The number of hydrogen-bond donors (Lipinski definition) is 1. The normalized spacial score (nSPS) is 11.0. The maximum atomic E-state index is 5.97. The van der Waals surface area contributed by atoms with Gasteiger partial charge in [0, 0.05) is 23.0 Å². The highest BCUT2D eigenvalue weighted by atomic mass is 15.3. The van der Waals surface area contributed by atoms with Crippen molar-refractivity contribution in [2.75, 3.05) is 5.73 Å². The van der Waals surface area contributed by atoms with E-state index in [0.29, 0.717) is 6.04 Å². The Morgan fingerprint density at radius 1 is 1.24 bits per heavy atom. The zero-order chi connectivity index (χ0) is 12.3. The topological polar surface area (TPSA) is 43.8 Å². The van der Waals surface area contributed by atoms with Gasteiger partial charge in [-0.1, -0.05) is 32.0 Å². The van der Waals surface area contributed by atoms with Gasteiger partial charge in [0.25, 0.3) is 0 Å². The van der Waals surface area contributed by atoms with Gasteiger partial charge in [-0.2, -0.15) is 5.10 Å². The van der Waals surface area contributed by atoms with Gasteiger partial charge >= 0.3 is 0 Å². The fourth-order valence-electron chi connectivity index (χ4n) is 2.10. The summed E-state index contributed by atoms with van der Waals surface area (Å²) in [7, 11) is 0. The molecule has 2 rings (SSSR count). The van der Waals surface area contributed by atoms with E-state index in [9.17, 15) is 0 Å². The van der Waals surface area contributed by atoms with Gasteiger partial charge in [0.15, 0.2) is 0 Å². The minimum atomic E-state index is 0.480. The lowest BCUT2D eigenvalue weighted by Gasteiger charge is -2.12. The molecule has 1 aromatic carbocycles. The second-order valence-corrected chi connectivity index (χ2v) is 4.27. The summed E-state index contributed by atoms with van der Waals surface area (Å²) < 4.78 is 2.04. The van der Waals surface area contributed by atoms with Crippen LogP contribution in [0.3, 0.4) is 0 Å². The van der Waals surface area contributed by atoms with Crippen molar-refractivity contribution in [1.29, 1.82) is 0 Å². The summed E-state index contributed by atoms with van der Waals surface area (Å²) in [4.78, 5) is 0. The van der Waals surface area contributed by atoms with Gasteiger partial charge in [0.2, 0.25) is 0 Å². The summed E-state index contributed by atoms with van der Waals surface area (Å²) in [6.07, 6.45) is 6.18. The quantitative estimate of drug-likeness (QED) is 0.815. The first kappa shape index (κ1) is 11.7. The molecular formula is C14H19N3. The molecule has 0 saturated carbocycles. The minimum Gasteiger partial charge on any atom is -0.398 e. The molecule has 0 aliphatic rings. The van der Waals surface area contributed by atoms with Crippen LogP contribution in [0.15, 0.2) is 36.7 Å². The van der Waals surface area contributed by atoms with Gasteiger partial charge in [-0.3, -0.25) is 4.68 Å². The Balaban J connectivity index is 2.33. The number of nitrogen functional groups attached to an aromatic ring is 1. The molecule has 2 N–H and O–H groups in total. The summed E-state index contributed by atoms with van der Waals surface area (Å²) >= 11 is 0. The highest BCUT2D eigenvalue weighted by molar-refractivity contribution is 5.75. The van der Waals surface area contributed by atoms with Crippen molar-refractivity contribution < 1.29 is 0 Å². The molecule has 0 spiro atoms. The summed E-state index contributed by atoms with van der Waals surface area (Å²) in [5.74, 6) is 0. The summed E-state index contributed by atoms with van der Waals surface area (Å²) in [6, 6.07) is 8.38. The molecule has 0 amide bonds. The summed E-state index contributed by atoms with van der Waals surface area (Å²) in [5.41, 5.74) is 8.92. The lowest BCUT2D eigenvalue weighted by atomic mass is 10.1. The van der Waals surface area contributed by atoms with Crippen LogP contribution in [-0.2, 0) is 0 Å². The fourth-order valence-corrected chi connectivity index (χ4v) is 2.10. The van der Waals surface area contributed by atoms with Crippen LogP contribution in [0.2, 0.25) is 0 Å². The largest absolute Gasteiger partial charge is 0.398 e. The van der Waals surface area contributed by atoms with E-state index in [-0.39, 0.29) is 0 Å². The van der Waals surface area contributed by atoms with E-state index in [1.807, 2.05) is 35.1 Å². The smallest absolute Gasteiger partial charge is 0.0569 e. The van der Waals surface area contributed by atoms with Gasteiger partial charge in [-0.05, 0) is 18.9 Å². The second kappa shape index (κ2) is 5.04. The van der Waals surface area contributed by atoms with Crippen LogP contribution in [0.5, 0.6) is 0 Å². The Hall–Kier alpha value is -1.77. The van der Waals surface area contributed by atoms with Gasteiger partial charge in [-0.15, -0.1) is 0 Å². The monoisotopic (exact) mass is 229 g/mol. The van der Waals surface area contributed by atoms with Gasteiger partial charge < -0.3 is 5.73 Å². The average Bonchev–Trinajstić information content (AvgIpc) is 2.81. The van der Waals surface area contributed by atoms with Crippen molar-refractivity contribution in [1.82, 2.24) is 9.78 Å². The number of aromatic nitrogens is 2. The standard InChI is InChI=1S/C14H19N3/c1-3-12(4-2)17-10-11(9-16-17)13-7-5-6-8-14(13)15/h5-10,12H,3-4,15H2,1-2H3. The maximum absolute atomic E-state index is 5.97. The van der Waals surface area contributed by atoms with Gasteiger partial charge in [0.1, 0.15) is 0 Å². The van der Waals surface area contributed by atoms with Crippen molar-refractivity contribution in [2.45, 2.75) is 32.7 Å². The van der Waals surface area contributed by atoms with Gasteiger partial charge in [-0.25, -0.2) is 0 Å². The Labute approximate surface area is 102 Å². The first-order chi connectivity index (χ1) is 8.26. The molecular weight excluding hydrogens is 210 g/mol. The minimum absolute atomic E-state index is 0.480. The van der Waals surface area contributed by atoms with Crippen molar-refractivity contribution >= 4 is 5.69 Å². The van der Waals surface area contributed by atoms with Crippen LogP contribution < -0.4 is 5.73 Å². The number of nitrogens with two attached hydrogens (primary N) is 1. The van der Waals surface area contributed by atoms with Crippen LogP contribution in [0.1, 0.15) is 32.7 Å². The van der Waals surface area contributed by atoms with Crippen molar-refractivity contribution in [3.8, 4) is 11.1 Å². The highest BCUT2D eigenvalue weighted by Crippen LogP contribution is 2.26. The van der Waals surface area contributed by atoms with Crippen molar-refractivity contribution in [3.63, 3.8) is 0 Å². The molecule has 1 aromatic heterocycles.